The van der Waals surface area contributed by atoms with Gasteiger partial charge >= 0.3 is 0 Å². The number of benzene rings is 1. The molecule has 24 heavy (non-hydrogen) atoms. The molecule has 1 aliphatic heterocycles. The fraction of sp³-hybridized carbons (Fsp3) is 0.529. The fourth-order valence-corrected chi connectivity index (χ4v) is 4.11. The number of nitrogens with zero attached hydrogens (tertiary/aromatic N) is 3. The van der Waals surface area contributed by atoms with Gasteiger partial charge in [-0.05, 0) is 19.1 Å². The number of carbonyl (C=O) groups is 1. The van der Waals surface area contributed by atoms with Gasteiger partial charge in [-0.25, -0.2) is 4.98 Å². The minimum absolute atomic E-state index is 0.0283. The lowest BCUT2D eigenvalue weighted by molar-refractivity contribution is -0.137. The molecule has 0 bridgehead atoms. The van der Waals surface area contributed by atoms with Gasteiger partial charge in [0.1, 0.15) is 0 Å². The molecular formula is C17H23N3O3S. The molecule has 0 radical (unpaired) electrons. The Balaban J connectivity index is 1.59. The second-order valence-corrected chi connectivity index (χ2v) is 7.13. The summed E-state index contributed by atoms with van der Waals surface area (Å²) in [7, 11) is 0. The van der Waals surface area contributed by atoms with Gasteiger partial charge in [-0.3, -0.25) is 4.79 Å². The van der Waals surface area contributed by atoms with Crippen LogP contribution in [0, 0.1) is 0 Å². The van der Waals surface area contributed by atoms with E-state index in [1.54, 1.807) is 16.7 Å². The first kappa shape index (κ1) is 17.3. The van der Waals surface area contributed by atoms with Crippen LogP contribution >= 0.6 is 11.8 Å². The molecule has 2 atom stereocenters. The average molecular weight is 349 g/mol. The van der Waals surface area contributed by atoms with Crippen LogP contribution in [0.2, 0.25) is 0 Å². The number of carbonyl (C=O) groups excluding carboxylic acids is 1. The lowest BCUT2D eigenvalue weighted by Crippen LogP contribution is -2.48. The Kier molecular flexibility index (Phi) is 5.43. The minimum Gasteiger partial charge on any atom is -0.391 e. The summed E-state index contributed by atoms with van der Waals surface area (Å²) >= 11 is 1.57. The maximum absolute atomic E-state index is 12.3. The summed E-state index contributed by atoms with van der Waals surface area (Å²) in [6.07, 6.45) is -0.542. The number of imidazole rings is 1. The topological polar surface area (TPSA) is 78.6 Å². The first-order valence-corrected chi connectivity index (χ1v) is 9.29. The number of aromatic nitrogens is 2. The van der Waals surface area contributed by atoms with E-state index in [2.05, 4.69) is 22.5 Å². The van der Waals surface area contributed by atoms with Crippen LogP contribution in [0.15, 0.2) is 29.4 Å². The van der Waals surface area contributed by atoms with Crippen molar-refractivity contribution in [3.8, 4) is 0 Å². The number of aliphatic hydroxyl groups is 2. The zero-order valence-corrected chi connectivity index (χ0v) is 14.6. The monoisotopic (exact) mass is 349 g/mol. The van der Waals surface area contributed by atoms with Gasteiger partial charge in [0.25, 0.3) is 0 Å². The summed E-state index contributed by atoms with van der Waals surface area (Å²) in [5, 5.41) is 20.3. The molecule has 1 aromatic heterocycles. The third-order valence-corrected chi connectivity index (χ3v) is 5.22. The zero-order valence-electron chi connectivity index (χ0n) is 13.8. The van der Waals surface area contributed by atoms with Crippen LogP contribution in [0.5, 0.6) is 0 Å². The first-order chi connectivity index (χ1) is 11.6. The Morgan fingerprint density at radius 1 is 1.29 bits per heavy atom. The fourth-order valence-electron chi connectivity index (χ4n) is 3.11. The average Bonchev–Trinajstić information content (AvgIpc) is 2.91. The number of amides is 1. The molecule has 6 nitrogen and oxygen atoms in total. The highest BCUT2D eigenvalue weighted by atomic mass is 32.2. The van der Waals surface area contributed by atoms with Crippen molar-refractivity contribution in [1.82, 2.24) is 14.5 Å². The Hall–Kier alpha value is -1.57. The van der Waals surface area contributed by atoms with E-state index in [1.165, 1.54) is 0 Å². The van der Waals surface area contributed by atoms with Crippen LogP contribution < -0.4 is 0 Å². The van der Waals surface area contributed by atoms with Gasteiger partial charge in [-0.1, -0.05) is 23.9 Å². The molecule has 1 saturated heterocycles. The lowest BCUT2D eigenvalue weighted by Gasteiger charge is -2.33. The number of para-hydroxylation sites is 2. The number of rotatable bonds is 5. The molecule has 0 unspecified atom stereocenters. The molecule has 0 spiro atoms. The smallest absolute Gasteiger partial charge is 0.223 e. The number of β-amino-alcohol motifs (C(OH)–C–C–N with tert-alkyl or cyclic N) is 2. The molecular weight excluding hydrogens is 326 g/mol. The number of fused-ring (bicyclic) bond motifs is 1. The third kappa shape index (κ3) is 3.74. The largest absolute Gasteiger partial charge is 0.391 e. The summed E-state index contributed by atoms with van der Waals surface area (Å²) in [4.78, 5) is 18.5. The van der Waals surface area contributed by atoms with E-state index in [-0.39, 0.29) is 5.91 Å². The number of piperidine rings is 1. The van der Waals surface area contributed by atoms with Gasteiger partial charge in [0.15, 0.2) is 5.16 Å². The van der Waals surface area contributed by atoms with Gasteiger partial charge in [0.2, 0.25) is 5.91 Å². The van der Waals surface area contributed by atoms with Gasteiger partial charge in [-0.2, -0.15) is 0 Å². The number of thioether (sulfide) groups is 1. The van der Waals surface area contributed by atoms with Gasteiger partial charge in [0.05, 0.1) is 23.2 Å². The molecule has 2 heterocycles. The summed E-state index contributed by atoms with van der Waals surface area (Å²) in [5.74, 6) is 0.602. The number of hydrogen-bond acceptors (Lipinski definition) is 5. The van der Waals surface area contributed by atoms with Crippen LogP contribution in [-0.2, 0) is 11.3 Å². The van der Waals surface area contributed by atoms with Crippen LogP contribution in [0.4, 0.5) is 0 Å². The third-order valence-electron chi connectivity index (χ3n) is 4.24. The van der Waals surface area contributed by atoms with Crippen LogP contribution in [-0.4, -0.2) is 61.6 Å². The molecule has 0 saturated carbocycles. The summed E-state index contributed by atoms with van der Waals surface area (Å²) in [5.41, 5.74) is 2.08. The van der Waals surface area contributed by atoms with Crippen molar-refractivity contribution in [3.63, 3.8) is 0 Å². The number of likely N-dealkylation sites (tertiary alicyclic amines) is 1. The Bertz CT molecular complexity index is 708. The zero-order chi connectivity index (χ0) is 17.1. The molecule has 1 aliphatic rings. The maximum Gasteiger partial charge on any atom is 0.223 e. The van der Waals surface area contributed by atoms with Crippen LogP contribution in [0.25, 0.3) is 11.0 Å². The second-order valence-electron chi connectivity index (χ2n) is 6.07. The van der Waals surface area contributed by atoms with Crippen molar-refractivity contribution in [2.75, 3.05) is 18.8 Å². The van der Waals surface area contributed by atoms with Crippen molar-refractivity contribution in [3.05, 3.63) is 24.3 Å². The molecule has 2 N–H and O–H groups in total. The van der Waals surface area contributed by atoms with E-state index < -0.39 is 12.2 Å². The number of hydrogen-bond donors (Lipinski definition) is 2. The molecule has 1 aromatic carbocycles. The predicted molar refractivity (Wildman–Crippen MR) is 94.0 cm³/mol. The Morgan fingerprint density at radius 2 is 2.00 bits per heavy atom. The molecule has 2 aromatic rings. The highest BCUT2D eigenvalue weighted by molar-refractivity contribution is 7.99. The van der Waals surface area contributed by atoms with E-state index in [0.717, 1.165) is 22.7 Å². The van der Waals surface area contributed by atoms with Crippen molar-refractivity contribution in [2.24, 2.45) is 0 Å². The summed E-state index contributed by atoms with van der Waals surface area (Å²) in [6.45, 7) is 3.54. The summed E-state index contributed by atoms with van der Waals surface area (Å²) in [6, 6.07) is 8.02. The highest BCUT2D eigenvalue weighted by Crippen LogP contribution is 2.24. The molecule has 0 aliphatic carbocycles. The van der Waals surface area contributed by atoms with Crippen molar-refractivity contribution < 1.29 is 15.0 Å². The van der Waals surface area contributed by atoms with Crippen LogP contribution in [0.3, 0.4) is 0 Å². The van der Waals surface area contributed by atoms with E-state index in [0.29, 0.717) is 31.7 Å². The standard InChI is InChI=1S/C17H23N3O3S/c1-2-20-15-6-4-3-5-14(15)18-17(20)24-8-7-16(23)19-10-12(21)9-13(22)11-19/h3-6,12-13,21-22H,2,7-11H2,1H3/t12-,13-/m1/s1. The molecule has 3 rings (SSSR count). The van der Waals surface area contributed by atoms with E-state index in [4.69, 9.17) is 0 Å². The van der Waals surface area contributed by atoms with Gasteiger partial charge in [-0.15, -0.1) is 0 Å². The van der Waals surface area contributed by atoms with Crippen molar-refractivity contribution in [1.29, 1.82) is 0 Å². The molecule has 130 valence electrons. The molecule has 1 amide bonds. The Morgan fingerprint density at radius 3 is 2.71 bits per heavy atom. The van der Waals surface area contributed by atoms with E-state index >= 15 is 0 Å². The van der Waals surface area contributed by atoms with Gasteiger partial charge in [0, 0.05) is 38.2 Å². The van der Waals surface area contributed by atoms with Crippen molar-refractivity contribution >= 4 is 28.7 Å². The quantitative estimate of drug-likeness (QED) is 0.800. The lowest BCUT2D eigenvalue weighted by atomic mass is 10.1. The summed E-state index contributed by atoms with van der Waals surface area (Å²) < 4.78 is 2.15. The molecule has 1 fully saturated rings. The van der Waals surface area contributed by atoms with Crippen molar-refractivity contribution in [2.45, 2.75) is 43.7 Å². The minimum atomic E-state index is -0.630. The second kappa shape index (κ2) is 7.55. The number of aliphatic hydroxyl groups excluding tert-OH is 2. The molecule has 7 heteroatoms. The first-order valence-electron chi connectivity index (χ1n) is 8.30. The Labute approximate surface area is 145 Å². The normalized spacial score (nSPS) is 21.4. The van der Waals surface area contributed by atoms with Gasteiger partial charge < -0.3 is 19.7 Å². The predicted octanol–water partition coefficient (Wildman–Crippen LogP) is 1.49. The number of aryl methyl sites for hydroxylation is 1. The SMILES string of the molecule is CCn1c(SCCC(=O)N2C[C@H](O)C[C@@H](O)C2)nc2ccccc21. The maximum atomic E-state index is 12.3. The highest BCUT2D eigenvalue weighted by Gasteiger charge is 2.27. The van der Waals surface area contributed by atoms with Crippen LogP contribution in [0.1, 0.15) is 19.8 Å². The van der Waals surface area contributed by atoms with E-state index in [1.807, 2.05) is 18.2 Å². The van der Waals surface area contributed by atoms with E-state index in [9.17, 15) is 15.0 Å².